The number of benzene rings is 2. The molecule has 2 aromatic carbocycles. The van der Waals surface area contributed by atoms with Gasteiger partial charge in [0.15, 0.2) is 6.23 Å². The molecule has 148 valence electrons. The first-order valence-corrected chi connectivity index (χ1v) is 9.31. The van der Waals surface area contributed by atoms with E-state index in [2.05, 4.69) is 23.3 Å². The molecule has 2 heterocycles. The Balaban J connectivity index is 1.75. The maximum absolute atomic E-state index is 11.2. The molecular weight excluding hydrogens is 370 g/mol. The lowest BCUT2D eigenvalue weighted by Gasteiger charge is -2.32. The highest BCUT2D eigenvalue weighted by atomic mass is 16.5. The highest BCUT2D eigenvalue weighted by Gasteiger charge is 2.34. The molecular formula is C22H21N3O4. The van der Waals surface area contributed by atoms with E-state index in [1.807, 2.05) is 18.2 Å². The van der Waals surface area contributed by atoms with Crippen molar-refractivity contribution in [3.63, 3.8) is 0 Å². The van der Waals surface area contributed by atoms with Crippen molar-refractivity contribution < 1.29 is 19.4 Å². The molecule has 1 unspecified atom stereocenters. The van der Waals surface area contributed by atoms with E-state index in [1.54, 1.807) is 25.3 Å². The number of nitrogens with one attached hydrogen (secondary N) is 2. The monoisotopic (exact) mass is 391 g/mol. The van der Waals surface area contributed by atoms with Crippen LogP contribution >= 0.6 is 0 Å². The number of aliphatic carboxylic acids is 1. The van der Waals surface area contributed by atoms with Crippen LogP contribution in [0.25, 0.3) is 17.2 Å². The van der Waals surface area contributed by atoms with Crippen LogP contribution in [0.3, 0.4) is 0 Å². The van der Waals surface area contributed by atoms with E-state index >= 15 is 0 Å². The van der Waals surface area contributed by atoms with Crippen LogP contribution in [-0.4, -0.2) is 36.9 Å². The Kier molecular flexibility index (Phi) is 4.97. The summed E-state index contributed by atoms with van der Waals surface area (Å²) in [5.74, 6) is -0.182. The van der Waals surface area contributed by atoms with E-state index in [1.165, 1.54) is 0 Å². The number of fused-ring (bicyclic) bond motifs is 3. The summed E-state index contributed by atoms with van der Waals surface area (Å²) in [5.41, 5.74) is 4.97. The van der Waals surface area contributed by atoms with Crippen molar-refractivity contribution >= 4 is 17.7 Å². The van der Waals surface area contributed by atoms with Gasteiger partial charge in [0.05, 0.1) is 24.8 Å². The molecule has 4 rings (SSSR count). The molecule has 2 aliphatic heterocycles. The van der Waals surface area contributed by atoms with Crippen LogP contribution in [0.5, 0.6) is 5.75 Å². The molecule has 1 fully saturated rings. The summed E-state index contributed by atoms with van der Waals surface area (Å²) in [7, 11) is 1.61. The van der Waals surface area contributed by atoms with Crippen LogP contribution in [0.15, 0.2) is 36.9 Å². The van der Waals surface area contributed by atoms with Gasteiger partial charge in [-0.3, -0.25) is 4.79 Å². The predicted molar refractivity (Wildman–Crippen MR) is 109 cm³/mol. The van der Waals surface area contributed by atoms with E-state index in [4.69, 9.17) is 9.47 Å². The first-order valence-electron chi connectivity index (χ1n) is 9.31. The zero-order valence-corrected chi connectivity index (χ0v) is 15.9. The van der Waals surface area contributed by atoms with Gasteiger partial charge < -0.3 is 25.2 Å². The molecule has 3 atom stereocenters. The van der Waals surface area contributed by atoms with Gasteiger partial charge in [0, 0.05) is 35.3 Å². The zero-order chi connectivity index (χ0) is 20.5. The van der Waals surface area contributed by atoms with Crippen molar-refractivity contribution in [1.29, 1.82) is 5.26 Å². The third-order valence-electron chi connectivity index (χ3n) is 5.35. The Hall–Kier alpha value is -3.34. The smallest absolute Gasteiger partial charge is 0.320 e. The van der Waals surface area contributed by atoms with Crippen molar-refractivity contribution in [2.24, 2.45) is 0 Å². The Bertz CT molecular complexity index is 1030. The molecule has 29 heavy (non-hydrogen) atoms. The predicted octanol–water partition coefficient (Wildman–Crippen LogP) is 3.13. The number of ether oxygens (including phenoxy) is 2. The molecule has 3 N–H and O–H groups in total. The second-order valence-electron chi connectivity index (χ2n) is 7.07. The van der Waals surface area contributed by atoms with Crippen molar-refractivity contribution in [3.05, 3.63) is 53.6 Å². The largest absolute Gasteiger partial charge is 0.496 e. The van der Waals surface area contributed by atoms with Gasteiger partial charge in [-0.15, -0.1) is 0 Å². The van der Waals surface area contributed by atoms with Gasteiger partial charge in [-0.25, -0.2) is 0 Å². The van der Waals surface area contributed by atoms with E-state index < -0.39 is 18.2 Å². The van der Waals surface area contributed by atoms with Gasteiger partial charge >= 0.3 is 5.97 Å². The number of nitriles is 1. The number of carboxylic acid groups (broad SMARTS) is 1. The Labute approximate surface area is 168 Å². The van der Waals surface area contributed by atoms with Gasteiger partial charge in [0.1, 0.15) is 11.8 Å². The number of carboxylic acids is 1. The van der Waals surface area contributed by atoms with E-state index in [0.29, 0.717) is 24.3 Å². The minimum absolute atomic E-state index is 0.253. The van der Waals surface area contributed by atoms with Crippen LogP contribution in [0.2, 0.25) is 0 Å². The van der Waals surface area contributed by atoms with E-state index in [-0.39, 0.29) is 6.10 Å². The molecule has 0 bridgehead atoms. The minimum Gasteiger partial charge on any atom is -0.496 e. The van der Waals surface area contributed by atoms with Crippen LogP contribution in [0, 0.1) is 11.3 Å². The minimum atomic E-state index is -0.879. The maximum atomic E-state index is 11.2. The molecule has 2 aromatic rings. The molecule has 0 amide bonds. The van der Waals surface area contributed by atoms with Crippen LogP contribution in [-0.2, 0) is 9.53 Å². The fourth-order valence-electron chi connectivity index (χ4n) is 3.88. The Morgan fingerprint density at radius 1 is 1.34 bits per heavy atom. The van der Waals surface area contributed by atoms with Gasteiger partial charge in [0.25, 0.3) is 0 Å². The summed E-state index contributed by atoms with van der Waals surface area (Å²) in [6.45, 7) is 4.32. The van der Waals surface area contributed by atoms with Crippen molar-refractivity contribution in [3.8, 4) is 22.9 Å². The molecule has 0 aliphatic carbocycles. The SMILES string of the molecule is C=Cc1cc2c(cc1OC)-c1ccc(C#N)cc1NC2O[C@H]1CN[C@H](C(=O)O)C1. The van der Waals surface area contributed by atoms with Crippen molar-refractivity contribution in [2.75, 3.05) is 19.0 Å². The number of hydrogen-bond donors (Lipinski definition) is 3. The lowest BCUT2D eigenvalue weighted by atomic mass is 9.90. The quantitative estimate of drug-likeness (QED) is 0.719. The fourth-order valence-corrected chi connectivity index (χ4v) is 3.88. The standard InChI is InChI=1S/C22H21N3O4/c1-3-13-7-17-16(9-20(13)28-2)15-5-4-12(10-23)6-18(15)25-21(17)29-14-8-19(22(26)27)24-11-14/h3-7,9,14,19,21,24-25H,1,8,11H2,2H3,(H,26,27)/t14-,19+,21?/m1/s1. The summed E-state index contributed by atoms with van der Waals surface area (Å²) in [4.78, 5) is 11.2. The second kappa shape index (κ2) is 7.59. The third-order valence-corrected chi connectivity index (χ3v) is 5.35. The number of rotatable bonds is 5. The fraction of sp³-hybridized carbons (Fsp3) is 0.273. The maximum Gasteiger partial charge on any atom is 0.320 e. The molecule has 0 aromatic heterocycles. The number of methoxy groups -OCH3 is 1. The number of nitrogens with zero attached hydrogens (tertiary/aromatic N) is 1. The van der Waals surface area contributed by atoms with E-state index in [0.717, 1.165) is 27.9 Å². The van der Waals surface area contributed by atoms with Crippen LogP contribution in [0.1, 0.15) is 29.3 Å². The van der Waals surface area contributed by atoms with Gasteiger partial charge in [-0.2, -0.15) is 5.26 Å². The Morgan fingerprint density at radius 3 is 2.83 bits per heavy atom. The first-order chi connectivity index (χ1) is 14.0. The Morgan fingerprint density at radius 2 is 2.17 bits per heavy atom. The summed E-state index contributed by atoms with van der Waals surface area (Å²) in [6, 6.07) is 10.9. The number of anilines is 1. The normalized spacial score (nSPS) is 22.0. The van der Waals surface area contributed by atoms with Crippen molar-refractivity contribution in [2.45, 2.75) is 24.8 Å². The van der Waals surface area contributed by atoms with Gasteiger partial charge in [0.2, 0.25) is 0 Å². The first kappa shape index (κ1) is 19.0. The average molecular weight is 391 g/mol. The summed E-state index contributed by atoms with van der Waals surface area (Å²) < 4.78 is 11.8. The number of hydrogen-bond acceptors (Lipinski definition) is 6. The summed E-state index contributed by atoms with van der Waals surface area (Å²) in [6.07, 6.45) is 1.37. The molecule has 7 heteroatoms. The van der Waals surface area contributed by atoms with Gasteiger partial charge in [-0.1, -0.05) is 18.7 Å². The molecule has 0 saturated carbocycles. The lowest BCUT2D eigenvalue weighted by molar-refractivity contribution is -0.139. The number of carbonyl (C=O) groups is 1. The molecule has 7 nitrogen and oxygen atoms in total. The van der Waals surface area contributed by atoms with Crippen molar-refractivity contribution in [1.82, 2.24) is 5.32 Å². The van der Waals surface area contributed by atoms with Gasteiger partial charge in [-0.05, 0) is 29.8 Å². The highest BCUT2D eigenvalue weighted by Crippen LogP contribution is 2.44. The lowest BCUT2D eigenvalue weighted by Crippen LogP contribution is -2.30. The third kappa shape index (κ3) is 3.44. The molecule has 2 aliphatic rings. The summed E-state index contributed by atoms with van der Waals surface area (Å²) >= 11 is 0. The second-order valence-corrected chi connectivity index (χ2v) is 7.07. The summed E-state index contributed by atoms with van der Waals surface area (Å²) in [5, 5.41) is 24.8. The zero-order valence-electron chi connectivity index (χ0n) is 15.9. The average Bonchev–Trinajstić information content (AvgIpc) is 3.21. The molecule has 1 saturated heterocycles. The van der Waals surface area contributed by atoms with Crippen LogP contribution in [0.4, 0.5) is 5.69 Å². The molecule has 0 radical (unpaired) electrons. The van der Waals surface area contributed by atoms with Crippen LogP contribution < -0.4 is 15.4 Å². The van der Waals surface area contributed by atoms with E-state index in [9.17, 15) is 15.2 Å². The molecule has 0 spiro atoms. The topological polar surface area (TPSA) is 104 Å². The highest BCUT2D eigenvalue weighted by molar-refractivity contribution is 5.86.